The van der Waals surface area contributed by atoms with E-state index >= 15 is 0 Å². The summed E-state index contributed by atoms with van der Waals surface area (Å²) in [5.41, 5.74) is 6.80. The Balaban J connectivity index is 1.19. The number of benzene rings is 3. The lowest BCUT2D eigenvalue weighted by Crippen LogP contribution is -2.46. The van der Waals surface area contributed by atoms with Crippen LogP contribution in [0.25, 0.3) is 10.9 Å². The number of fused-ring (bicyclic) bond motifs is 1. The van der Waals surface area contributed by atoms with Crippen molar-refractivity contribution in [3.63, 3.8) is 0 Å². The summed E-state index contributed by atoms with van der Waals surface area (Å²) in [7, 11) is 0. The van der Waals surface area contributed by atoms with Gasteiger partial charge >= 0.3 is 6.18 Å². The monoisotopic (exact) mass is 546 g/mol. The van der Waals surface area contributed by atoms with E-state index in [1.54, 1.807) is 6.07 Å². The zero-order valence-corrected chi connectivity index (χ0v) is 23.3. The smallest absolute Gasteiger partial charge is 0.369 e. The van der Waals surface area contributed by atoms with E-state index in [9.17, 15) is 13.2 Å². The Labute approximate surface area is 234 Å². The minimum Gasteiger partial charge on any atom is -0.369 e. The first-order valence-electron chi connectivity index (χ1n) is 14.2. The molecule has 7 heteroatoms. The second-order valence-electron chi connectivity index (χ2n) is 10.6. The van der Waals surface area contributed by atoms with Gasteiger partial charge in [0, 0.05) is 61.4 Å². The molecule has 0 unspecified atom stereocenters. The molecule has 0 saturated carbocycles. The Kier molecular flexibility index (Phi) is 8.60. The number of aromatic nitrogens is 1. The number of hydrogen-bond donors (Lipinski definition) is 1. The molecular formula is C33H37F3N4. The van der Waals surface area contributed by atoms with Crippen LogP contribution in [0.5, 0.6) is 0 Å². The molecule has 5 rings (SSSR count). The Hall–Kier alpha value is -3.58. The van der Waals surface area contributed by atoms with Gasteiger partial charge in [0.1, 0.15) is 0 Å². The molecule has 40 heavy (non-hydrogen) atoms. The zero-order chi connectivity index (χ0) is 28.1. The van der Waals surface area contributed by atoms with E-state index in [1.807, 2.05) is 12.1 Å². The van der Waals surface area contributed by atoms with Crippen LogP contribution in [0.3, 0.4) is 0 Å². The molecule has 0 aliphatic carbocycles. The maximum Gasteiger partial charge on any atom is 0.416 e. The van der Waals surface area contributed by atoms with Crippen molar-refractivity contribution in [1.29, 1.82) is 0 Å². The van der Waals surface area contributed by atoms with E-state index in [-0.39, 0.29) is 0 Å². The van der Waals surface area contributed by atoms with Crippen molar-refractivity contribution in [3.8, 4) is 0 Å². The lowest BCUT2D eigenvalue weighted by molar-refractivity contribution is -0.137. The Morgan fingerprint density at radius 2 is 1.52 bits per heavy atom. The molecule has 1 aliphatic rings. The quantitative estimate of drug-likeness (QED) is 0.229. The second kappa shape index (κ2) is 12.3. The van der Waals surface area contributed by atoms with Gasteiger partial charge in [-0.3, -0.25) is 9.88 Å². The summed E-state index contributed by atoms with van der Waals surface area (Å²) in [6.07, 6.45) is 1.73. The minimum absolute atomic E-state index is 0.314. The molecule has 0 atom stereocenters. The maximum absolute atomic E-state index is 13.1. The van der Waals surface area contributed by atoms with Gasteiger partial charge in [-0.15, -0.1) is 0 Å². The van der Waals surface area contributed by atoms with E-state index in [4.69, 9.17) is 0 Å². The molecule has 1 fully saturated rings. The summed E-state index contributed by atoms with van der Waals surface area (Å²) in [6, 6.07) is 20.8. The van der Waals surface area contributed by atoms with Crippen LogP contribution in [0.2, 0.25) is 0 Å². The van der Waals surface area contributed by atoms with Gasteiger partial charge in [0.2, 0.25) is 0 Å². The molecule has 1 saturated heterocycles. The number of anilines is 3. The minimum atomic E-state index is -4.39. The van der Waals surface area contributed by atoms with Crippen LogP contribution in [0.15, 0.2) is 72.9 Å². The van der Waals surface area contributed by atoms with Gasteiger partial charge in [-0.1, -0.05) is 57.0 Å². The molecule has 1 aliphatic heterocycles. The number of pyridine rings is 1. The van der Waals surface area contributed by atoms with Gasteiger partial charge in [0.05, 0.1) is 11.1 Å². The number of piperazine rings is 1. The Bertz CT molecular complexity index is 1420. The van der Waals surface area contributed by atoms with Crippen LogP contribution in [-0.4, -0.2) is 36.1 Å². The van der Waals surface area contributed by atoms with Crippen LogP contribution < -0.4 is 10.2 Å². The van der Waals surface area contributed by atoms with E-state index < -0.39 is 11.7 Å². The zero-order valence-electron chi connectivity index (χ0n) is 23.3. The molecule has 0 radical (unpaired) electrons. The third kappa shape index (κ3) is 6.58. The van der Waals surface area contributed by atoms with Gasteiger partial charge in [-0.05, 0) is 65.9 Å². The van der Waals surface area contributed by atoms with Crippen LogP contribution in [-0.2, 0) is 25.6 Å². The summed E-state index contributed by atoms with van der Waals surface area (Å²) in [6.45, 7) is 9.46. The van der Waals surface area contributed by atoms with Gasteiger partial charge in [-0.25, -0.2) is 0 Å². The highest BCUT2D eigenvalue weighted by atomic mass is 19.4. The van der Waals surface area contributed by atoms with Crippen molar-refractivity contribution in [1.82, 2.24) is 9.88 Å². The van der Waals surface area contributed by atoms with Gasteiger partial charge in [0.25, 0.3) is 0 Å². The van der Waals surface area contributed by atoms with Crippen molar-refractivity contribution in [2.24, 2.45) is 0 Å². The van der Waals surface area contributed by atoms with E-state index in [1.165, 1.54) is 41.1 Å². The lowest BCUT2D eigenvalue weighted by Gasteiger charge is -2.37. The normalized spacial score (nSPS) is 14.6. The van der Waals surface area contributed by atoms with E-state index in [0.29, 0.717) is 10.9 Å². The Morgan fingerprint density at radius 1 is 0.800 bits per heavy atom. The van der Waals surface area contributed by atoms with Crippen LogP contribution in [0.1, 0.15) is 48.9 Å². The van der Waals surface area contributed by atoms with Crippen molar-refractivity contribution in [2.45, 2.75) is 52.3 Å². The first-order chi connectivity index (χ1) is 19.3. The molecule has 4 aromatic rings. The molecule has 4 nitrogen and oxygen atoms in total. The summed E-state index contributed by atoms with van der Waals surface area (Å²) >= 11 is 0. The van der Waals surface area contributed by atoms with Crippen molar-refractivity contribution < 1.29 is 13.2 Å². The molecule has 2 heterocycles. The second-order valence-corrected chi connectivity index (χ2v) is 10.6. The van der Waals surface area contributed by atoms with E-state index in [2.05, 4.69) is 64.3 Å². The molecule has 1 aromatic heterocycles. The van der Waals surface area contributed by atoms with Crippen LogP contribution in [0.4, 0.5) is 30.2 Å². The summed E-state index contributed by atoms with van der Waals surface area (Å²) in [4.78, 5) is 9.18. The Morgan fingerprint density at radius 3 is 2.23 bits per heavy atom. The number of nitrogens with zero attached hydrogens (tertiary/aromatic N) is 3. The highest BCUT2D eigenvalue weighted by Gasteiger charge is 2.30. The first kappa shape index (κ1) is 28.0. The fourth-order valence-corrected chi connectivity index (χ4v) is 5.55. The van der Waals surface area contributed by atoms with Gasteiger partial charge in [0.15, 0.2) is 0 Å². The summed E-state index contributed by atoms with van der Waals surface area (Å²) in [5, 5.41) is 4.00. The lowest BCUT2D eigenvalue weighted by atomic mass is 10.0. The third-order valence-corrected chi connectivity index (χ3v) is 7.62. The highest BCUT2D eigenvalue weighted by Crippen LogP contribution is 2.33. The fraction of sp³-hybridized carbons (Fsp3) is 0.364. The molecule has 3 aromatic carbocycles. The number of nitrogens with one attached hydrogen (secondary N) is 1. The topological polar surface area (TPSA) is 31.4 Å². The summed E-state index contributed by atoms with van der Waals surface area (Å²) in [5.74, 6) is 0. The average Bonchev–Trinajstić information content (AvgIpc) is 2.95. The largest absolute Gasteiger partial charge is 0.416 e. The molecule has 1 N–H and O–H groups in total. The predicted octanol–water partition coefficient (Wildman–Crippen LogP) is 8.22. The van der Waals surface area contributed by atoms with Gasteiger partial charge < -0.3 is 10.2 Å². The van der Waals surface area contributed by atoms with Crippen molar-refractivity contribution in [3.05, 3.63) is 95.2 Å². The van der Waals surface area contributed by atoms with Crippen LogP contribution in [0, 0.1) is 0 Å². The summed E-state index contributed by atoms with van der Waals surface area (Å²) < 4.78 is 39.3. The fourth-order valence-electron chi connectivity index (χ4n) is 5.55. The number of aryl methyl sites for hydroxylation is 2. The van der Waals surface area contributed by atoms with Crippen molar-refractivity contribution >= 4 is 28.0 Å². The van der Waals surface area contributed by atoms with Crippen molar-refractivity contribution in [2.75, 3.05) is 36.4 Å². The number of hydrogen-bond acceptors (Lipinski definition) is 4. The van der Waals surface area contributed by atoms with Crippen LogP contribution >= 0.6 is 0 Å². The first-order valence-corrected chi connectivity index (χ1v) is 14.2. The maximum atomic E-state index is 13.1. The highest BCUT2D eigenvalue weighted by molar-refractivity contribution is 5.93. The van der Waals surface area contributed by atoms with Gasteiger partial charge in [-0.2, -0.15) is 13.2 Å². The number of halogens is 3. The average molecular weight is 547 g/mol. The molecule has 210 valence electrons. The standard InChI is InChI=1S/C33H37F3N4/c1-3-5-24-9-14-32(26(21-24)6-4-2)40-19-17-39(18-20-40)23-25-7-11-28(12-8-25)38-30-15-16-37-31-22-27(33(34,35)36)10-13-29(30)31/h7-16,21-22H,3-6,17-20,23H2,1-2H3,(H,37,38). The molecular weight excluding hydrogens is 509 g/mol. The SMILES string of the molecule is CCCc1ccc(N2CCN(Cc3ccc(Nc4ccnc5cc(C(F)(F)F)ccc45)cc3)CC2)c(CCC)c1. The molecule has 0 bridgehead atoms. The molecule has 0 spiro atoms. The number of alkyl halides is 3. The number of rotatable bonds is 9. The molecule has 0 amide bonds. The predicted molar refractivity (Wildman–Crippen MR) is 158 cm³/mol. The van der Waals surface area contributed by atoms with E-state index in [0.717, 1.165) is 75.5 Å². The third-order valence-electron chi connectivity index (χ3n) is 7.62.